The van der Waals surface area contributed by atoms with Crippen molar-refractivity contribution >= 4 is 39.6 Å². The van der Waals surface area contributed by atoms with Gasteiger partial charge in [-0.2, -0.15) is 13.2 Å². The van der Waals surface area contributed by atoms with Crippen LogP contribution < -0.4 is 5.32 Å². The molecule has 4 nitrogen and oxygen atoms in total. The molecule has 1 aromatic carbocycles. The molecule has 1 rings (SSSR count). The van der Waals surface area contributed by atoms with Crippen LogP contribution in [0.15, 0.2) is 33.6 Å². The number of hydrogen-bond acceptors (Lipinski definition) is 4. The first-order valence-corrected chi connectivity index (χ1v) is 7.41. The lowest BCUT2D eigenvalue weighted by molar-refractivity contribution is -0.149. The van der Waals surface area contributed by atoms with Crippen molar-refractivity contribution in [3.8, 4) is 0 Å². The average molecular weight is 386 g/mol. The topological polar surface area (TPSA) is 55.4 Å². The van der Waals surface area contributed by atoms with E-state index in [1.165, 1.54) is 11.8 Å². The Morgan fingerprint density at radius 1 is 1.24 bits per heavy atom. The third-order valence-corrected chi connectivity index (χ3v) is 3.53. The van der Waals surface area contributed by atoms with E-state index < -0.39 is 31.2 Å². The molecule has 0 aliphatic heterocycles. The van der Waals surface area contributed by atoms with Crippen LogP contribution in [0.2, 0.25) is 0 Å². The Morgan fingerprint density at radius 2 is 1.86 bits per heavy atom. The lowest BCUT2D eigenvalue weighted by Gasteiger charge is -2.08. The fourth-order valence-electron chi connectivity index (χ4n) is 1.11. The lowest BCUT2D eigenvalue weighted by Crippen LogP contribution is -2.36. The minimum atomic E-state index is -4.49. The fourth-order valence-corrected chi connectivity index (χ4v) is 2.07. The number of benzene rings is 1. The average Bonchev–Trinajstić information content (AvgIpc) is 2.41. The van der Waals surface area contributed by atoms with Crippen LogP contribution in [0.5, 0.6) is 0 Å². The zero-order valence-corrected chi connectivity index (χ0v) is 13.0. The van der Waals surface area contributed by atoms with Gasteiger partial charge in [-0.3, -0.25) is 9.59 Å². The van der Waals surface area contributed by atoms with Crippen LogP contribution in [0.3, 0.4) is 0 Å². The SMILES string of the molecule is O=C(COC(=O)CSc1ccc(Br)cc1)NCC(F)(F)F. The molecule has 0 saturated heterocycles. The van der Waals surface area contributed by atoms with Crippen molar-refractivity contribution in [2.24, 2.45) is 0 Å². The van der Waals surface area contributed by atoms with E-state index in [0.717, 1.165) is 9.37 Å². The summed E-state index contributed by atoms with van der Waals surface area (Å²) in [6.07, 6.45) is -4.49. The molecule has 1 N–H and O–H groups in total. The number of esters is 1. The second-order valence-corrected chi connectivity index (χ2v) is 5.76. The van der Waals surface area contributed by atoms with Crippen LogP contribution in [-0.4, -0.2) is 37.0 Å². The van der Waals surface area contributed by atoms with Crippen LogP contribution in [0, 0.1) is 0 Å². The van der Waals surface area contributed by atoms with Crippen molar-refractivity contribution in [1.29, 1.82) is 0 Å². The van der Waals surface area contributed by atoms with Crippen LogP contribution in [-0.2, 0) is 14.3 Å². The minimum absolute atomic E-state index is 0.0335. The van der Waals surface area contributed by atoms with Crippen LogP contribution in [0.4, 0.5) is 13.2 Å². The maximum Gasteiger partial charge on any atom is 0.405 e. The number of nitrogens with one attached hydrogen (secondary N) is 1. The van der Waals surface area contributed by atoms with Gasteiger partial charge in [-0.05, 0) is 24.3 Å². The zero-order valence-electron chi connectivity index (χ0n) is 10.6. The summed E-state index contributed by atoms with van der Waals surface area (Å²) in [5.74, 6) is -1.70. The van der Waals surface area contributed by atoms with Gasteiger partial charge in [0.15, 0.2) is 6.61 Å². The van der Waals surface area contributed by atoms with E-state index in [1.807, 2.05) is 0 Å². The van der Waals surface area contributed by atoms with Gasteiger partial charge in [0.05, 0.1) is 5.75 Å². The van der Waals surface area contributed by atoms with Crippen molar-refractivity contribution in [2.75, 3.05) is 18.9 Å². The Labute approximate surface area is 131 Å². The number of ether oxygens (including phenoxy) is 1. The molecule has 9 heteroatoms. The van der Waals surface area contributed by atoms with Crippen molar-refractivity contribution in [3.05, 3.63) is 28.7 Å². The minimum Gasteiger partial charge on any atom is -0.455 e. The van der Waals surface area contributed by atoms with Gasteiger partial charge in [0.1, 0.15) is 6.54 Å². The van der Waals surface area contributed by atoms with Gasteiger partial charge < -0.3 is 10.1 Å². The van der Waals surface area contributed by atoms with Gasteiger partial charge in [0.2, 0.25) is 0 Å². The fraction of sp³-hybridized carbons (Fsp3) is 0.333. The highest BCUT2D eigenvalue weighted by Crippen LogP contribution is 2.20. The summed E-state index contributed by atoms with van der Waals surface area (Å²) >= 11 is 4.47. The van der Waals surface area contributed by atoms with Crippen molar-refractivity contribution in [2.45, 2.75) is 11.1 Å². The number of carbonyl (C=O) groups is 2. The smallest absolute Gasteiger partial charge is 0.405 e. The monoisotopic (exact) mass is 385 g/mol. The number of thioether (sulfide) groups is 1. The van der Waals surface area contributed by atoms with Crippen LogP contribution in [0.25, 0.3) is 0 Å². The maximum atomic E-state index is 11.8. The largest absolute Gasteiger partial charge is 0.455 e. The molecule has 0 atom stereocenters. The van der Waals surface area contributed by atoms with E-state index in [1.54, 1.807) is 29.6 Å². The highest BCUT2D eigenvalue weighted by molar-refractivity contribution is 9.10. The van der Waals surface area contributed by atoms with E-state index in [-0.39, 0.29) is 5.75 Å². The molecule has 0 bridgehead atoms. The molecule has 0 fully saturated rings. The zero-order chi connectivity index (χ0) is 15.9. The van der Waals surface area contributed by atoms with Gasteiger partial charge >= 0.3 is 12.1 Å². The maximum absolute atomic E-state index is 11.8. The quantitative estimate of drug-likeness (QED) is 0.604. The Hall–Kier alpha value is -1.22. The van der Waals surface area contributed by atoms with E-state index in [0.29, 0.717) is 0 Å². The molecule has 0 aliphatic carbocycles. The van der Waals surface area contributed by atoms with Gasteiger partial charge in [-0.15, -0.1) is 11.8 Å². The van der Waals surface area contributed by atoms with E-state index in [9.17, 15) is 22.8 Å². The molecule has 0 unspecified atom stereocenters. The standard InChI is InChI=1S/C12H11BrF3NO3S/c13-8-1-3-9(4-2-8)21-6-11(19)20-5-10(18)17-7-12(14,15)16/h1-4H,5-7H2,(H,17,18). The van der Waals surface area contributed by atoms with Crippen molar-refractivity contribution in [1.82, 2.24) is 5.32 Å². The molecular formula is C12H11BrF3NO3S. The summed E-state index contributed by atoms with van der Waals surface area (Å²) in [6.45, 7) is -2.17. The van der Waals surface area contributed by atoms with Gasteiger partial charge in [0.25, 0.3) is 5.91 Å². The Kier molecular flexibility index (Phi) is 7.03. The van der Waals surface area contributed by atoms with Gasteiger partial charge in [-0.1, -0.05) is 15.9 Å². The second-order valence-electron chi connectivity index (χ2n) is 3.80. The Bertz CT molecular complexity index is 494. The molecule has 0 aliphatic rings. The third kappa shape index (κ3) is 8.61. The summed E-state index contributed by atoms with van der Waals surface area (Å²) in [6, 6.07) is 7.19. The molecule has 1 amide bonds. The second kappa shape index (κ2) is 8.28. The van der Waals surface area contributed by atoms with Crippen LogP contribution in [0.1, 0.15) is 0 Å². The summed E-state index contributed by atoms with van der Waals surface area (Å²) in [5.41, 5.74) is 0. The number of hydrogen-bond donors (Lipinski definition) is 1. The Balaban J connectivity index is 2.22. The predicted molar refractivity (Wildman–Crippen MR) is 74.9 cm³/mol. The first kappa shape index (κ1) is 17.8. The van der Waals surface area contributed by atoms with Crippen LogP contribution >= 0.6 is 27.7 Å². The molecule has 0 saturated carbocycles. The lowest BCUT2D eigenvalue weighted by atomic mass is 10.4. The molecule has 0 heterocycles. The van der Waals surface area contributed by atoms with Crippen molar-refractivity contribution < 1.29 is 27.5 Å². The molecule has 0 aromatic heterocycles. The van der Waals surface area contributed by atoms with Gasteiger partial charge in [0, 0.05) is 9.37 Å². The van der Waals surface area contributed by atoms with E-state index in [2.05, 4.69) is 20.7 Å². The highest BCUT2D eigenvalue weighted by Gasteiger charge is 2.27. The molecule has 0 spiro atoms. The first-order valence-electron chi connectivity index (χ1n) is 5.64. The summed E-state index contributed by atoms with van der Waals surface area (Å²) < 4.78 is 40.9. The summed E-state index contributed by atoms with van der Waals surface area (Å²) in [5, 5.41) is 1.60. The van der Waals surface area contributed by atoms with E-state index >= 15 is 0 Å². The highest BCUT2D eigenvalue weighted by atomic mass is 79.9. The number of rotatable bonds is 6. The van der Waals surface area contributed by atoms with Crippen molar-refractivity contribution in [3.63, 3.8) is 0 Å². The Morgan fingerprint density at radius 3 is 2.43 bits per heavy atom. The van der Waals surface area contributed by atoms with E-state index in [4.69, 9.17) is 0 Å². The third-order valence-electron chi connectivity index (χ3n) is 2.02. The molecule has 21 heavy (non-hydrogen) atoms. The predicted octanol–water partition coefficient (Wildman–Crippen LogP) is 2.76. The molecular weight excluding hydrogens is 375 g/mol. The first-order chi connectivity index (χ1) is 9.76. The summed E-state index contributed by atoms with van der Waals surface area (Å²) in [7, 11) is 0. The normalized spacial score (nSPS) is 11.0. The molecule has 116 valence electrons. The molecule has 0 radical (unpaired) electrons. The number of alkyl halides is 3. The number of halogens is 4. The molecule has 1 aromatic rings. The van der Waals surface area contributed by atoms with Gasteiger partial charge in [-0.25, -0.2) is 0 Å². The number of carbonyl (C=O) groups excluding carboxylic acids is 2. The number of amides is 1. The summed E-state index contributed by atoms with van der Waals surface area (Å²) in [4.78, 5) is 23.2.